The Morgan fingerprint density at radius 1 is 1.19 bits per heavy atom. The maximum Gasteiger partial charge on any atom is 0.405 e. The molecule has 37 heavy (non-hydrogen) atoms. The first-order chi connectivity index (χ1) is 17.8. The molecular formula is C25H30F3N7O2. The Labute approximate surface area is 212 Å². The third-order valence-corrected chi connectivity index (χ3v) is 5.99. The number of alkyl halides is 3. The van der Waals surface area contributed by atoms with Crippen LogP contribution in [0.5, 0.6) is 0 Å². The number of nitrogens with zero attached hydrogens (tertiary/aromatic N) is 5. The molecule has 9 nitrogen and oxygen atoms in total. The largest absolute Gasteiger partial charge is 0.405 e. The van der Waals surface area contributed by atoms with Crippen molar-refractivity contribution in [1.82, 2.24) is 24.5 Å². The lowest BCUT2D eigenvalue weighted by atomic mass is 10.1. The van der Waals surface area contributed by atoms with Crippen LogP contribution in [0.1, 0.15) is 12.0 Å². The first-order valence-corrected chi connectivity index (χ1v) is 12.0. The van der Waals surface area contributed by atoms with Crippen molar-refractivity contribution in [2.24, 2.45) is 5.16 Å². The van der Waals surface area contributed by atoms with Crippen LogP contribution >= 0.6 is 0 Å². The molecule has 0 bridgehead atoms. The number of hydrogen-bond acceptors (Lipinski definition) is 6. The molecule has 0 unspecified atom stereocenters. The van der Waals surface area contributed by atoms with Crippen molar-refractivity contribution in [2.45, 2.75) is 12.6 Å². The molecule has 0 spiro atoms. The molecule has 0 saturated carbocycles. The fourth-order valence-electron chi connectivity index (χ4n) is 3.98. The van der Waals surface area contributed by atoms with Crippen molar-refractivity contribution in [2.75, 3.05) is 58.2 Å². The van der Waals surface area contributed by atoms with Gasteiger partial charge in [-0.2, -0.15) is 13.2 Å². The lowest BCUT2D eigenvalue weighted by molar-refractivity contribution is -0.122. The Hall–Kier alpha value is -3.64. The number of aromatic nitrogens is 2. The molecule has 4 rings (SSSR count). The number of carbonyl (C=O) groups excluding carboxylic acids is 1. The van der Waals surface area contributed by atoms with Gasteiger partial charge in [0.25, 0.3) is 0 Å². The van der Waals surface area contributed by atoms with Crippen LogP contribution in [0, 0.1) is 0 Å². The topological polar surface area (TPSA) is 86.5 Å². The molecule has 2 amide bonds. The van der Waals surface area contributed by atoms with Gasteiger partial charge in [0, 0.05) is 55.7 Å². The van der Waals surface area contributed by atoms with E-state index in [4.69, 9.17) is 4.84 Å². The van der Waals surface area contributed by atoms with Crippen LogP contribution in [0.3, 0.4) is 0 Å². The van der Waals surface area contributed by atoms with E-state index in [1.54, 1.807) is 35.9 Å². The molecule has 0 atom stereocenters. The number of likely N-dealkylation sites (N-methyl/N-ethyl adjacent to an activating group) is 1. The highest BCUT2D eigenvalue weighted by molar-refractivity contribution is 5.90. The summed E-state index contributed by atoms with van der Waals surface area (Å²) in [5.41, 5.74) is 3.39. The maximum absolute atomic E-state index is 12.3. The summed E-state index contributed by atoms with van der Waals surface area (Å²) >= 11 is 0. The van der Waals surface area contributed by atoms with Gasteiger partial charge < -0.3 is 25.3 Å². The van der Waals surface area contributed by atoms with Gasteiger partial charge in [0.05, 0.1) is 18.1 Å². The number of benzene rings is 1. The second kappa shape index (κ2) is 12.1. The minimum Gasteiger partial charge on any atom is -0.396 e. The number of oxime groups is 1. The van der Waals surface area contributed by atoms with Crippen LogP contribution in [0.25, 0.3) is 16.9 Å². The SMILES string of the molecule is CN1CCN(CCCO/N=C/c2ccn3c(-c4cccc(NC(=O)NCC(F)(F)F)c4)cnc3c2)CC1. The molecule has 0 aliphatic carbocycles. The van der Waals surface area contributed by atoms with E-state index in [-0.39, 0.29) is 0 Å². The van der Waals surface area contributed by atoms with Gasteiger partial charge >= 0.3 is 12.2 Å². The molecule has 0 radical (unpaired) electrons. The van der Waals surface area contributed by atoms with E-state index in [1.165, 1.54) is 0 Å². The Balaban J connectivity index is 1.31. The summed E-state index contributed by atoms with van der Waals surface area (Å²) in [6.45, 7) is 4.52. The third kappa shape index (κ3) is 7.92. The molecule has 12 heteroatoms. The highest BCUT2D eigenvalue weighted by atomic mass is 19.4. The Morgan fingerprint density at radius 2 is 2.00 bits per heavy atom. The van der Waals surface area contributed by atoms with Crippen LogP contribution in [-0.4, -0.2) is 90.5 Å². The molecule has 2 N–H and O–H groups in total. The molecule has 1 fully saturated rings. The fourth-order valence-corrected chi connectivity index (χ4v) is 3.98. The van der Waals surface area contributed by atoms with Crippen molar-refractivity contribution >= 4 is 23.6 Å². The molecule has 198 valence electrons. The number of fused-ring (bicyclic) bond motifs is 1. The van der Waals surface area contributed by atoms with Gasteiger partial charge in [0.1, 0.15) is 18.8 Å². The number of nitrogens with one attached hydrogen (secondary N) is 2. The average molecular weight is 518 g/mol. The standard InChI is InChI=1S/C25H30F3N7O2/c1-33-9-11-34(12-10-33)7-3-13-37-31-16-19-6-8-35-22(17-29-23(35)14-19)20-4-2-5-21(15-20)32-24(36)30-18-25(26,27)28/h2,4-6,8,14-17H,3,7,9-13,18H2,1H3,(H2,30,32,36)/b31-16+. The highest BCUT2D eigenvalue weighted by Gasteiger charge is 2.27. The summed E-state index contributed by atoms with van der Waals surface area (Å²) < 4.78 is 38.8. The van der Waals surface area contributed by atoms with Gasteiger partial charge in [-0.05, 0) is 37.7 Å². The lowest BCUT2D eigenvalue weighted by Gasteiger charge is -2.32. The number of halogens is 3. The average Bonchev–Trinajstić information content (AvgIpc) is 3.29. The normalized spacial score (nSPS) is 15.4. The lowest BCUT2D eigenvalue weighted by Crippen LogP contribution is -2.44. The van der Waals surface area contributed by atoms with E-state index < -0.39 is 18.8 Å². The van der Waals surface area contributed by atoms with Gasteiger partial charge in [-0.15, -0.1) is 0 Å². The number of amides is 2. The zero-order valence-electron chi connectivity index (χ0n) is 20.5. The predicted molar refractivity (Wildman–Crippen MR) is 136 cm³/mol. The third-order valence-electron chi connectivity index (χ3n) is 5.99. The molecule has 1 aromatic carbocycles. The highest BCUT2D eigenvalue weighted by Crippen LogP contribution is 2.24. The Bertz CT molecular complexity index is 1220. The van der Waals surface area contributed by atoms with E-state index in [2.05, 4.69) is 32.3 Å². The Kier molecular flexibility index (Phi) is 8.62. The maximum atomic E-state index is 12.3. The zero-order chi connectivity index (χ0) is 26.3. The number of hydrogen-bond donors (Lipinski definition) is 2. The van der Waals surface area contributed by atoms with Crippen LogP contribution in [-0.2, 0) is 4.84 Å². The van der Waals surface area contributed by atoms with Gasteiger partial charge in [0.2, 0.25) is 0 Å². The number of urea groups is 1. The second-order valence-corrected chi connectivity index (χ2v) is 8.90. The minimum atomic E-state index is -4.48. The molecule has 1 saturated heterocycles. The van der Waals surface area contributed by atoms with Crippen molar-refractivity contribution < 1.29 is 22.8 Å². The molecule has 3 aromatic rings. The summed E-state index contributed by atoms with van der Waals surface area (Å²) in [4.78, 5) is 26.4. The van der Waals surface area contributed by atoms with Crippen LogP contribution in [0.4, 0.5) is 23.7 Å². The van der Waals surface area contributed by atoms with Gasteiger partial charge in [-0.1, -0.05) is 17.3 Å². The van der Waals surface area contributed by atoms with Crippen molar-refractivity contribution in [3.63, 3.8) is 0 Å². The number of rotatable bonds is 9. The van der Waals surface area contributed by atoms with Crippen molar-refractivity contribution in [3.8, 4) is 11.3 Å². The molecule has 3 heterocycles. The first-order valence-electron chi connectivity index (χ1n) is 12.0. The summed E-state index contributed by atoms with van der Waals surface area (Å²) in [5.74, 6) is 0. The summed E-state index contributed by atoms with van der Waals surface area (Å²) in [6.07, 6.45) is 1.63. The van der Waals surface area contributed by atoms with Crippen LogP contribution in [0.2, 0.25) is 0 Å². The Morgan fingerprint density at radius 3 is 2.78 bits per heavy atom. The van der Waals surface area contributed by atoms with E-state index in [9.17, 15) is 18.0 Å². The van der Waals surface area contributed by atoms with Gasteiger partial charge in [0.15, 0.2) is 0 Å². The van der Waals surface area contributed by atoms with Gasteiger partial charge in [-0.3, -0.25) is 4.40 Å². The minimum absolute atomic E-state index is 0.362. The molecule has 1 aliphatic rings. The number of carbonyl (C=O) groups is 1. The molecule has 1 aliphatic heterocycles. The van der Waals surface area contributed by atoms with E-state index >= 15 is 0 Å². The van der Waals surface area contributed by atoms with Crippen LogP contribution < -0.4 is 10.6 Å². The monoisotopic (exact) mass is 517 g/mol. The zero-order valence-corrected chi connectivity index (χ0v) is 20.5. The summed E-state index contributed by atoms with van der Waals surface area (Å²) in [6, 6.07) is 9.61. The first kappa shape index (κ1) is 26.4. The predicted octanol–water partition coefficient (Wildman–Crippen LogP) is 3.67. The van der Waals surface area contributed by atoms with Gasteiger partial charge in [-0.25, -0.2) is 9.78 Å². The smallest absolute Gasteiger partial charge is 0.396 e. The number of pyridine rings is 1. The number of imidazole rings is 1. The second-order valence-electron chi connectivity index (χ2n) is 8.90. The van der Waals surface area contributed by atoms with E-state index in [1.807, 2.05) is 28.8 Å². The molecule has 2 aromatic heterocycles. The number of piperazine rings is 1. The number of anilines is 1. The fraction of sp³-hybridized carbons (Fsp3) is 0.400. The summed E-state index contributed by atoms with van der Waals surface area (Å²) in [7, 11) is 2.14. The van der Waals surface area contributed by atoms with E-state index in [0.717, 1.165) is 56.0 Å². The quantitative estimate of drug-likeness (QED) is 0.257. The van der Waals surface area contributed by atoms with E-state index in [0.29, 0.717) is 17.9 Å². The van der Waals surface area contributed by atoms with Crippen molar-refractivity contribution in [1.29, 1.82) is 0 Å². The molecular weight excluding hydrogens is 487 g/mol. The summed E-state index contributed by atoms with van der Waals surface area (Å²) in [5, 5.41) is 8.28. The van der Waals surface area contributed by atoms with Crippen LogP contribution in [0.15, 0.2) is 53.9 Å². The van der Waals surface area contributed by atoms with Crippen molar-refractivity contribution in [3.05, 3.63) is 54.4 Å².